The Kier molecular flexibility index (Phi) is 4.57. The smallest absolute Gasteiger partial charge is 0.224 e. The lowest BCUT2D eigenvalue weighted by atomic mass is 9.98. The van der Waals surface area contributed by atoms with Crippen LogP contribution in [0.1, 0.15) is 41.6 Å². The van der Waals surface area contributed by atoms with E-state index in [0.29, 0.717) is 12.1 Å². The molecule has 1 atom stereocenters. The van der Waals surface area contributed by atoms with E-state index < -0.39 is 0 Å². The van der Waals surface area contributed by atoms with Crippen molar-refractivity contribution in [1.29, 1.82) is 5.26 Å². The van der Waals surface area contributed by atoms with Crippen LogP contribution in [0.25, 0.3) is 10.9 Å². The molecule has 24 heavy (non-hydrogen) atoms. The molecule has 5 nitrogen and oxygen atoms in total. The number of nitrogens with zero attached hydrogens (tertiary/aromatic N) is 3. The van der Waals surface area contributed by atoms with Crippen molar-refractivity contribution in [3.05, 3.63) is 41.6 Å². The van der Waals surface area contributed by atoms with Crippen LogP contribution in [0.3, 0.4) is 0 Å². The van der Waals surface area contributed by atoms with Crippen molar-refractivity contribution in [2.45, 2.75) is 38.6 Å². The summed E-state index contributed by atoms with van der Waals surface area (Å²) in [5.74, 6) is -0.166. The first-order chi connectivity index (χ1) is 11.6. The van der Waals surface area contributed by atoms with E-state index in [1.165, 1.54) is 0 Å². The monoisotopic (exact) mass is 321 g/mol. The van der Waals surface area contributed by atoms with Gasteiger partial charge in [0.25, 0.3) is 0 Å². The number of aromatic nitrogens is 1. The third-order valence-electron chi connectivity index (χ3n) is 4.56. The van der Waals surface area contributed by atoms with E-state index in [1.54, 1.807) is 17.2 Å². The molecule has 1 aromatic heterocycles. The van der Waals surface area contributed by atoms with Gasteiger partial charge in [-0.15, -0.1) is 0 Å². The van der Waals surface area contributed by atoms with Gasteiger partial charge in [-0.1, -0.05) is 12.1 Å². The Hall–Kier alpha value is -2.74. The van der Waals surface area contributed by atoms with E-state index in [2.05, 4.69) is 11.1 Å². The molecule has 3 rings (SSSR count). The van der Waals surface area contributed by atoms with E-state index in [0.717, 1.165) is 29.3 Å². The zero-order valence-corrected chi connectivity index (χ0v) is 13.7. The maximum Gasteiger partial charge on any atom is 0.224 e. The maximum absolute atomic E-state index is 12.6. The number of nitriles is 1. The minimum absolute atomic E-state index is 0.0576. The molecule has 0 radical (unpaired) electrons. The Morgan fingerprint density at radius 2 is 2.17 bits per heavy atom. The zero-order chi connectivity index (χ0) is 17.1. The Morgan fingerprint density at radius 1 is 1.33 bits per heavy atom. The number of likely N-dealkylation sites (tertiary alicyclic amines) is 1. The third kappa shape index (κ3) is 3.00. The summed E-state index contributed by atoms with van der Waals surface area (Å²) in [7, 11) is 0. The number of ketones is 1. The van der Waals surface area contributed by atoms with Crippen LogP contribution in [0.5, 0.6) is 0 Å². The van der Waals surface area contributed by atoms with Gasteiger partial charge in [0, 0.05) is 36.5 Å². The van der Waals surface area contributed by atoms with Gasteiger partial charge in [-0.25, -0.2) is 0 Å². The molecule has 0 unspecified atom stereocenters. The van der Waals surface area contributed by atoms with Crippen molar-refractivity contribution in [3.8, 4) is 6.07 Å². The zero-order valence-electron chi connectivity index (χ0n) is 13.7. The third-order valence-corrected chi connectivity index (χ3v) is 4.56. The number of amides is 1. The summed E-state index contributed by atoms with van der Waals surface area (Å²) in [6, 6.07) is 9.29. The molecule has 2 aromatic rings. The second kappa shape index (κ2) is 6.79. The average molecular weight is 321 g/mol. The Bertz CT molecular complexity index is 833. The van der Waals surface area contributed by atoms with Crippen molar-refractivity contribution in [2.75, 3.05) is 6.54 Å². The first-order valence-corrected chi connectivity index (χ1v) is 8.18. The summed E-state index contributed by atoms with van der Waals surface area (Å²) in [4.78, 5) is 30.8. The average Bonchev–Trinajstić information content (AvgIpc) is 3.08. The van der Waals surface area contributed by atoms with Crippen molar-refractivity contribution >= 4 is 22.6 Å². The minimum atomic E-state index is -0.336. The predicted octanol–water partition coefficient (Wildman–Crippen LogP) is 3.02. The summed E-state index contributed by atoms with van der Waals surface area (Å²) < 4.78 is 0. The number of pyridine rings is 1. The first-order valence-electron chi connectivity index (χ1n) is 8.18. The van der Waals surface area contributed by atoms with Crippen LogP contribution in [0.4, 0.5) is 0 Å². The molecule has 0 aliphatic carbocycles. The number of hydrogen-bond acceptors (Lipinski definition) is 4. The molecule has 0 saturated carbocycles. The Labute approximate surface area is 140 Å². The SMILES string of the molecule is Cc1cccc2nccc(C(=O)CCC(=O)N3CCC[C@H]3C#N)c12. The fourth-order valence-corrected chi connectivity index (χ4v) is 3.32. The van der Waals surface area contributed by atoms with Crippen molar-refractivity contribution in [3.63, 3.8) is 0 Å². The molecular weight excluding hydrogens is 302 g/mol. The van der Waals surface area contributed by atoms with Crippen LogP contribution >= 0.6 is 0 Å². The fraction of sp³-hybridized carbons (Fsp3) is 0.368. The highest BCUT2D eigenvalue weighted by molar-refractivity contribution is 6.08. The van der Waals surface area contributed by atoms with Gasteiger partial charge in [0.05, 0.1) is 11.6 Å². The van der Waals surface area contributed by atoms with E-state index in [9.17, 15) is 9.59 Å². The van der Waals surface area contributed by atoms with Gasteiger partial charge in [0.2, 0.25) is 5.91 Å². The summed E-state index contributed by atoms with van der Waals surface area (Å²) in [6.45, 7) is 2.57. The molecule has 5 heteroatoms. The molecule has 0 spiro atoms. The highest BCUT2D eigenvalue weighted by Crippen LogP contribution is 2.23. The molecule has 1 amide bonds. The number of fused-ring (bicyclic) bond motifs is 1. The summed E-state index contributed by atoms with van der Waals surface area (Å²) in [6.07, 6.45) is 3.51. The molecule has 1 aromatic carbocycles. The largest absolute Gasteiger partial charge is 0.327 e. The highest BCUT2D eigenvalue weighted by atomic mass is 16.2. The quantitative estimate of drug-likeness (QED) is 0.811. The number of rotatable bonds is 4. The lowest BCUT2D eigenvalue weighted by Gasteiger charge is -2.19. The number of benzene rings is 1. The molecule has 2 heterocycles. The van der Waals surface area contributed by atoms with Crippen molar-refractivity contribution < 1.29 is 9.59 Å². The second-order valence-corrected chi connectivity index (χ2v) is 6.12. The van der Waals surface area contributed by atoms with E-state index in [1.807, 2.05) is 25.1 Å². The van der Waals surface area contributed by atoms with Gasteiger partial charge >= 0.3 is 0 Å². The molecule has 122 valence electrons. The lowest BCUT2D eigenvalue weighted by molar-refractivity contribution is -0.131. The Balaban J connectivity index is 1.74. The normalized spacial score (nSPS) is 17.0. The van der Waals surface area contributed by atoms with Crippen LogP contribution in [-0.4, -0.2) is 34.2 Å². The molecule has 1 aliphatic rings. The van der Waals surface area contributed by atoms with Crippen LogP contribution < -0.4 is 0 Å². The summed E-state index contributed by atoms with van der Waals surface area (Å²) in [5.41, 5.74) is 2.40. The van der Waals surface area contributed by atoms with Gasteiger partial charge < -0.3 is 4.90 Å². The molecule has 1 saturated heterocycles. The van der Waals surface area contributed by atoms with Crippen LogP contribution in [-0.2, 0) is 4.79 Å². The van der Waals surface area contributed by atoms with Gasteiger partial charge in [-0.05, 0) is 37.5 Å². The molecule has 1 fully saturated rings. The number of aryl methyl sites for hydroxylation is 1. The fourth-order valence-electron chi connectivity index (χ4n) is 3.32. The molecular formula is C19H19N3O2. The number of carbonyl (C=O) groups excluding carboxylic acids is 2. The van der Waals surface area contributed by atoms with Gasteiger partial charge in [-0.3, -0.25) is 14.6 Å². The lowest BCUT2D eigenvalue weighted by Crippen LogP contribution is -2.34. The number of carbonyl (C=O) groups is 2. The second-order valence-electron chi connectivity index (χ2n) is 6.12. The summed E-state index contributed by atoms with van der Waals surface area (Å²) >= 11 is 0. The topological polar surface area (TPSA) is 74.1 Å². The minimum Gasteiger partial charge on any atom is -0.327 e. The van der Waals surface area contributed by atoms with Crippen LogP contribution in [0, 0.1) is 18.3 Å². The van der Waals surface area contributed by atoms with E-state index >= 15 is 0 Å². The standard InChI is InChI=1S/C19H19N3O2/c1-13-4-2-6-16-19(13)15(9-10-21-16)17(23)7-8-18(24)22-11-3-5-14(22)12-20/h2,4,6,9-10,14H,3,5,7-8,11H2,1H3/t14-/m0/s1. The Morgan fingerprint density at radius 3 is 2.96 bits per heavy atom. The van der Waals surface area contributed by atoms with E-state index in [4.69, 9.17) is 5.26 Å². The molecule has 1 aliphatic heterocycles. The van der Waals surface area contributed by atoms with E-state index in [-0.39, 0.29) is 30.6 Å². The van der Waals surface area contributed by atoms with Crippen molar-refractivity contribution in [1.82, 2.24) is 9.88 Å². The van der Waals surface area contributed by atoms with Gasteiger partial charge in [0.15, 0.2) is 5.78 Å². The number of hydrogen-bond donors (Lipinski definition) is 0. The maximum atomic E-state index is 12.6. The first kappa shape index (κ1) is 16.1. The van der Waals surface area contributed by atoms with Crippen LogP contribution in [0.15, 0.2) is 30.5 Å². The predicted molar refractivity (Wildman–Crippen MR) is 90.4 cm³/mol. The molecule has 0 bridgehead atoms. The number of Topliss-reactive ketones (excluding diaryl/α,β-unsaturated/α-hetero) is 1. The van der Waals surface area contributed by atoms with Crippen molar-refractivity contribution in [2.24, 2.45) is 0 Å². The highest BCUT2D eigenvalue weighted by Gasteiger charge is 2.28. The van der Waals surface area contributed by atoms with Gasteiger partial charge in [0.1, 0.15) is 6.04 Å². The summed E-state index contributed by atoms with van der Waals surface area (Å²) in [5, 5.41) is 9.93. The molecule has 0 N–H and O–H groups in total. The van der Waals surface area contributed by atoms with Gasteiger partial charge in [-0.2, -0.15) is 5.26 Å². The van der Waals surface area contributed by atoms with Crippen LogP contribution in [0.2, 0.25) is 0 Å².